The molecule has 0 spiro atoms. The predicted molar refractivity (Wildman–Crippen MR) is 86.1 cm³/mol. The Balaban J connectivity index is 2.56. The molecule has 0 amide bonds. The normalized spacial score (nSPS) is 12.2. The van der Waals surface area contributed by atoms with Gasteiger partial charge in [-0.1, -0.05) is 19.1 Å². The highest BCUT2D eigenvalue weighted by molar-refractivity contribution is 9.10. The molecule has 0 saturated carbocycles. The van der Waals surface area contributed by atoms with Crippen molar-refractivity contribution in [3.63, 3.8) is 0 Å². The fourth-order valence-corrected chi connectivity index (χ4v) is 2.62. The Labute approximate surface area is 121 Å². The van der Waals surface area contributed by atoms with Crippen molar-refractivity contribution in [1.82, 2.24) is 0 Å². The number of hydrogen-bond donors (Lipinski definition) is 2. The number of nitrogens with one attached hydrogen (secondary N) is 1. The van der Waals surface area contributed by atoms with E-state index < -0.39 is 0 Å². The van der Waals surface area contributed by atoms with Crippen molar-refractivity contribution in [2.75, 3.05) is 18.1 Å². The number of benzene rings is 1. The van der Waals surface area contributed by atoms with Gasteiger partial charge in [0.25, 0.3) is 0 Å². The molecule has 0 heterocycles. The predicted octanol–water partition coefficient (Wildman–Crippen LogP) is 3.64. The van der Waals surface area contributed by atoms with Crippen molar-refractivity contribution in [3.05, 3.63) is 28.2 Å². The third-order valence-corrected chi connectivity index (χ3v) is 4.43. The third-order valence-electron chi connectivity index (χ3n) is 2.52. The molecule has 5 heteroatoms. The van der Waals surface area contributed by atoms with Gasteiger partial charge in [0, 0.05) is 27.5 Å². The van der Waals surface area contributed by atoms with E-state index in [1.807, 2.05) is 30.0 Å². The molecular weight excluding hydrogens is 316 g/mol. The highest BCUT2D eigenvalue weighted by Crippen LogP contribution is 2.21. The Morgan fingerprint density at radius 1 is 1.59 bits per heavy atom. The van der Waals surface area contributed by atoms with Crippen LogP contribution in [0.4, 0.5) is 5.69 Å². The monoisotopic (exact) mass is 332 g/mol. The standard InChI is InChI=1S/C12H17BrN2S2/c1-8(17-2)5-6-15-9-3-4-10(12(14)16)11(13)7-9/h3-4,7-8,15H,5-6H2,1-2H3,(H2,14,16). The van der Waals surface area contributed by atoms with Gasteiger partial charge in [-0.3, -0.25) is 0 Å². The Morgan fingerprint density at radius 2 is 2.29 bits per heavy atom. The molecule has 94 valence electrons. The average Bonchev–Trinajstić information content (AvgIpc) is 2.28. The van der Waals surface area contributed by atoms with E-state index in [4.69, 9.17) is 18.0 Å². The largest absolute Gasteiger partial charge is 0.389 e. The van der Waals surface area contributed by atoms with Crippen LogP contribution < -0.4 is 11.1 Å². The van der Waals surface area contributed by atoms with E-state index in [1.165, 1.54) is 0 Å². The van der Waals surface area contributed by atoms with Gasteiger partial charge in [0.1, 0.15) is 4.99 Å². The molecule has 2 nitrogen and oxygen atoms in total. The number of thiocarbonyl (C=S) groups is 1. The topological polar surface area (TPSA) is 38.0 Å². The number of hydrogen-bond acceptors (Lipinski definition) is 3. The zero-order chi connectivity index (χ0) is 12.8. The SMILES string of the molecule is CSC(C)CCNc1ccc(C(N)=S)c(Br)c1. The number of thioether (sulfide) groups is 1. The zero-order valence-electron chi connectivity index (χ0n) is 10.00. The van der Waals surface area contributed by atoms with Gasteiger partial charge in [-0.05, 0) is 46.8 Å². The van der Waals surface area contributed by atoms with Crippen molar-refractivity contribution in [1.29, 1.82) is 0 Å². The molecule has 0 radical (unpaired) electrons. The average molecular weight is 333 g/mol. The number of rotatable bonds is 6. The molecule has 17 heavy (non-hydrogen) atoms. The molecule has 3 N–H and O–H groups in total. The molecule has 0 aromatic heterocycles. The van der Waals surface area contributed by atoms with Crippen LogP contribution in [-0.4, -0.2) is 23.0 Å². The molecule has 1 atom stereocenters. The molecule has 0 fully saturated rings. The summed E-state index contributed by atoms with van der Waals surface area (Å²) in [5.41, 5.74) is 7.57. The number of nitrogens with two attached hydrogens (primary N) is 1. The van der Waals surface area contributed by atoms with Crippen LogP contribution in [0.1, 0.15) is 18.9 Å². The lowest BCUT2D eigenvalue weighted by Gasteiger charge is -2.11. The first-order valence-electron chi connectivity index (χ1n) is 5.40. The molecule has 0 bridgehead atoms. The number of anilines is 1. The summed E-state index contributed by atoms with van der Waals surface area (Å²) in [6, 6.07) is 5.95. The molecule has 1 aromatic rings. The fraction of sp³-hybridized carbons (Fsp3) is 0.417. The summed E-state index contributed by atoms with van der Waals surface area (Å²) in [5.74, 6) is 0. The van der Waals surface area contributed by atoms with Crippen LogP contribution in [0.15, 0.2) is 22.7 Å². The summed E-state index contributed by atoms with van der Waals surface area (Å²) in [5, 5.41) is 4.07. The maximum Gasteiger partial charge on any atom is 0.105 e. The highest BCUT2D eigenvalue weighted by Gasteiger charge is 2.04. The second kappa shape index (κ2) is 7.24. The summed E-state index contributed by atoms with van der Waals surface area (Å²) in [7, 11) is 0. The van der Waals surface area contributed by atoms with E-state index >= 15 is 0 Å². The lowest BCUT2D eigenvalue weighted by atomic mass is 10.2. The molecule has 0 aliphatic heterocycles. The van der Waals surface area contributed by atoms with Crippen LogP contribution >= 0.6 is 39.9 Å². The summed E-state index contributed by atoms with van der Waals surface area (Å²) in [4.78, 5) is 0.416. The van der Waals surface area contributed by atoms with Crippen LogP contribution in [-0.2, 0) is 0 Å². The number of halogens is 1. The van der Waals surface area contributed by atoms with Gasteiger partial charge in [-0.2, -0.15) is 11.8 Å². The molecule has 1 rings (SSSR count). The summed E-state index contributed by atoms with van der Waals surface area (Å²) in [6.07, 6.45) is 3.29. The van der Waals surface area contributed by atoms with Gasteiger partial charge in [0.2, 0.25) is 0 Å². The second-order valence-corrected chi connectivity index (χ2v) is 6.39. The maximum atomic E-state index is 5.60. The van der Waals surface area contributed by atoms with E-state index in [9.17, 15) is 0 Å². The Bertz CT molecular complexity index is 396. The minimum Gasteiger partial charge on any atom is -0.389 e. The van der Waals surface area contributed by atoms with Gasteiger partial charge in [-0.25, -0.2) is 0 Å². The highest BCUT2D eigenvalue weighted by atomic mass is 79.9. The van der Waals surface area contributed by atoms with E-state index in [2.05, 4.69) is 34.4 Å². The van der Waals surface area contributed by atoms with Gasteiger partial charge in [0.05, 0.1) is 0 Å². The van der Waals surface area contributed by atoms with Crippen LogP contribution in [0.5, 0.6) is 0 Å². The van der Waals surface area contributed by atoms with Crippen molar-refractivity contribution in [2.24, 2.45) is 5.73 Å². The molecule has 1 aromatic carbocycles. The second-order valence-electron chi connectivity index (χ2n) is 3.82. The van der Waals surface area contributed by atoms with Crippen LogP contribution in [0.2, 0.25) is 0 Å². The minimum atomic E-state index is 0.416. The van der Waals surface area contributed by atoms with Gasteiger partial charge < -0.3 is 11.1 Å². The minimum absolute atomic E-state index is 0.416. The molecule has 0 saturated heterocycles. The molecular formula is C12H17BrN2S2. The first kappa shape index (κ1) is 14.8. The first-order valence-corrected chi connectivity index (χ1v) is 7.89. The molecule has 0 aliphatic carbocycles. The van der Waals surface area contributed by atoms with E-state index in [-0.39, 0.29) is 0 Å². The van der Waals surface area contributed by atoms with Crippen molar-refractivity contribution < 1.29 is 0 Å². The van der Waals surface area contributed by atoms with Crippen molar-refractivity contribution in [2.45, 2.75) is 18.6 Å². The fourth-order valence-electron chi connectivity index (χ4n) is 1.36. The smallest absolute Gasteiger partial charge is 0.105 e. The van der Waals surface area contributed by atoms with Gasteiger partial charge in [-0.15, -0.1) is 0 Å². The zero-order valence-corrected chi connectivity index (χ0v) is 13.2. The van der Waals surface area contributed by atoms with Crippen molar-refractivity contribution >= 4 is 50.6 Å². The Kier molecular flexibility index (Phi) is 6.30. The van der Waals surface area contributed by atoms with Crippen LogP contribution in [0.25, 0.3) is 0 Å². The van der Waals surface area contributed by atoms with E-state index in [1.54, 1.807) is 0 Å². The van der Waals surface area contributed by atoms with Crippen LogP contribution in [0, 0.1) is 0 Å². The summed E-state index contributed by atoms with van der Waals surface area (Å²) < 4.78 is 0.938. The van der Waals surface area contributed by atoms with Crippen molar-refractivity contribution in [3.8, 4) is 0 Å². The summed E-state index contributed by atoms with van der Waals surface area (Å²) in [6.45, 7) is 3.21. The lowest BCUT2D eigenvalue weighted by molar-refractivity contribution is 0.854. The summed E-state index contributed by atoms with van der Waals surface area (Å²) >= 11 is 10.3. The van der Waals surface area contributed by atoms with Crippen LogP contribution in [0.3, 0.4) is 0 Å². The third kappa shape index (κ3) is 4.85. The van der Waals surface area contributed by atoms with E-state index in [0.29, 0.717) is 10.2 Å². The maximum absolute atomic E-state index is 5.60. The quantitative estimate of drug-likeness (QED) is 0.780. The van der Waals surface area contributed by atoms with E-state index in [0.717, 1.165) is 28.7 Å². The molecule has 0 aliphatic rings. The lowest BCUT2D eigenvalue weighted by Crippen LogP contribution is -2.11. The molecule has 1 unspecified atom stereocenters. The Hall–Kier alpha value is -0.260. The van der Waals surface area contributed by atoms with Gasteiger partial charge >= 0.3 is 0 Å². The Morgan fingerprint density at radius 3 is 2.82 bits per heavy atom. The van der Waals surface area contributed by atoms with Gasteiger partial charge in [0.15, 0.2) is 0 Å². The first-order chi connectivity index (χ1) is 8.04.